The van der Waals surface area contributed by atoms with E-state index in [1.54, 1.807) is 19.4 Å². The van der Waals surface area contributed by atoms with Gasteiger partial charge in [0.1, 0.15) is 16.5 Å². The van der Waals surface area contributed by atoms with Crippen LogP contribution in [0.1, 0.15) is 22.4 Å². The van der Waals surface area contributed by atoms with Gasteiger partial charge in [-0.1, -0.05) is 24.3 Å². The molecular formula is C17H18ClN5O. The van der Waals surface area contributed by atoms with E-state index in [1.807, 2.05) is 24.6 Å². The number of methoxy groups -OCH3 is 1. The summed E-state index contributed by atoms with van der Waals surface area (Å²) < 4.78 is 7.42. The number of fused-ring (bicyclic) bond motifs is 1. The molecule has 0 atom stereocenters. The fourth-order valence-corrected chi connectivity index (χ4v) is 3.14. The molecular weight excluding hydrogens is 326 g/mol. The standard InChI is InChI=1S/C17H18ClN5O/c1-5-11-7-23(16-13(11)15(18)21-17(19)22-16)8-12-10(3)14(24-4)9(2)6-20-12/h5-7H,1,8H2,2-4H3,(H2,19,21,22). The molecule has 0 aliphatic heterocycles. The molecule has 0 amide bonds. The highest BCUT2D eigenvalue weighted by Crippen LogP contribution is 2.30. The number of anilines is 1. The summed E-state index contributed by atoms with van der Waals surface area (Å²) in [6.07, 6.45) is 5.45. The van der Waals surface area contributed by atoms with Crippen LogP contribution in [0.4, 0.5) is 5.95 Å². The lowest BCUT2D eigenvalue weighted by molar-refractivity contribution is 0.406. The van der Waals surface area contributed by atoms with E-state index in [9.17, 15) is 0 Å². The molecule has 3 heterocycles. The number of ether oxygens (including phenoxy) is 1. The van der Waals surface area contributed by atoms with E-state index < -0.39 is 0 Å². The Labute approximate surface area is 145 Å². The second kappa shape index (κ2) is 6.13. The lowest BCUT2D eigenvalue weighted by atomic mass is 10.1. The van der Waals surface area contributed by atoms with Crippen LogP contribution < -0.4 is 10.5 Å². The van der Waals surface area contributed by atoms with Gasteiger partial charge in [-0.2, -0.15) is 4.98 Å². The number of nitrogen functional groups attached to an aromatic ring is 1. The molecule has 0 radical (unpaired) electrons. The average Bonchev–Trinajstić information content (AvgIpc) is 2.88. The van der Waals surface area contributed by atoms with Crippen molar-refractivity contribution in [3.8, 4) is 5.75 Å². The maximum absolute atomic E-state index is 6.23. The third kappa shape index (κ3) is 2.59. The van der Waals surface area contributed by atoms with Crippen molar-refractivity contribution in [2.45, 2.75) is 20.4 Å². The van der Waals surface area contributed by atoms with Gasteiger partial charge in [0.25, 0.3) is 0 Å². The molecule has 7 heteroatoms. The Balaban J connectivity index is 2.17. The number of nitrogens with zero attached hydrogens (tertiary/aromatic N) is 4. The summed E-state index contributed by atoms with van der Waals surface area (Å²) >= 11 is 6.23. The lowest BCUT2D eigenvalue weighted by Crippen LogP contribution is -2.07. The van der Waals surface area contributed by atoms with Crippen LogP contribution in [0.25, 0.3) is 17.1 Å². The summed E-state index contributed by atoms with van der Waals surface area (Å²) in [5, 5.41) is 1.05. The van der Waals surface area contributed by atoms with E-state index in [1.165, 1.54) is 0 Å². The van der Waals surface area contributed by atoms with Gasteiger partial charge in [0.2, 0.25) is 5.95 Å². The van der Waals surface area contributed by atoms with Gasteiger partial charge in [0.05, 0.1) is 24.7 Å². The quantitative estimate of drug-likeness (QED) is 0.735. The number of rotatable bonds is 4. The van der Waals surface area contributed by atoms with Crippen LogP contribution >= 0.6 is 11.6 Å². The summed E-state index contributed by atoms with van der Waals surface area (Å²) in [5.41, 5.74) is 10.1. The summed E-state index contributed by atoms with van der Waals surface area (Å²) in [5.74, 6) is 0.973. The van der Waals surface area contributed by atoms with E-state index in [0.717, 1.165) is 33.5 Å². The normalized spacial score (nSPS) is 11.0. The molecule has 0 unspecified atom stereocenters. The van der Waals surface area contributed by atoms with Crippen molar-refractivity contribution in [3.05, 3.63) is 46.5 Å². The van der Waals surface area contributed by atoms with Crippen molar-refractivity contribution in [3.63, 3.8) is 0 Å². The molecule has 3 aromatic rings. The minimum Gasteiger partial charge on any atom is -0.496 e. The summed E-state index contributed by atoms with van der Waals surface area (Å²) in [6, 6.07) is 0. The molecule has 0 saturated carbocycles. The first-order valence-electron chi connectivity index (χ1n) is 7.39. The smallest absolute Gasteiger partial charge is 0.223 e. The SMILES string of the molecule is C=Cc1cn(Cc2ncc(C)c(OC)c2C)c2nc(N)nc(Cl)c12. The van der Waals surface area contributed by atoms with Gasteiger partial charge < -0.3 is 15.0 Å². The molecule has 0 bridgehead atoms. The summed E-state index contributed by atoms with van der Waals surface area (Å²) in [7, 11) is 1.66. The molecule has 6 nitrogen and oxygen atoms in total. The van der Waals surface area contributed by atoms with Crippen molar-refractivity contribution < 1.29 is 4.74 Å². The van der Waals surface area contributed by atoms with Crippen molar-refractivity contribution in [2.75, 3.05) is 12.8 Å². The van der Waals surface area contributed by atoms with Gasteiger partial charge in [-0.3, -0.25) is 4.98 Å². The molecule has 0 aliphatic carbocycles. The number of pyridine rings is 1. The Bertz CT molecular complexity index is 948. The zero-order chi connectivity index (χ0) is 17.4. The van der Waals surface area contributed by atoms with Crippen LogP contribution in [-0.2, 0) is 6.54 Å². The van der Waals surface area contributed by atoms with Crippen molar-refractivity contribution in [1.29, 1.82) is 0 Å². The van der Waals surface area contributed by atoms with Crippen molar-refractivity contribution >= 4 is 34.7 Å². The van der Waals surface area contributed by atoms with E-state index in [0.29, 0.717) is 17.3 Å². The minimum absolute atomic E-state index is 0.133. The van der Waals surface area contributed by atoms with Crippen LogP contribution in [0.2, 0.25) is 5.15 Å². The van der Waals surface area contributed by atoms with E-state index in [4.69, 9.17) is 22.1 Å². The minimum atomic E-state index is 0.133. The monoisotopic (exact) mass is 343 g/mol. The number of nitrogens with two attached hydrogens (primary N) is 1. The molecule has 0 fully saturated rings. The zero-order valence-electron chi connectivity index (χ0n) is 13.8. The van der Waals surface area contributed by atoms with E-state index in [2.05, 4.69) is 21.5 Å². The van der Waals surface area contributed by atoms with Crippen LogP contribution in [0, 0.1) is 13.8 Å². The summed E-state index contributed by atoms with van der Waals surface area (Å²) in [4.78, 5) is 12.9. The topological polar surface area (TPSA) is 78.8 Å². The Morgan fingerprint density at radius 2 is 2.12 bits per heavy atom. The second-order valence-corrected chi connectivity index (χ2v) is 5.89. The fraction of sp³-hybridized carbons (Fsp3) is 0.235. The number of hydrogen-bond acceptors (Lipinski definition) is 5. The van der Waals surface area contributed by atoms with Gasteiger partial charge >= 0.3 is 0 Å². The third-order valence-corrected chi connectivity index (χ3v) is 4.28. The number of aromatic nitrogens is 4. The summed E-state index contributed by atoms with van der Waals surface area (Å²) in [6.45, 7) is 8.30. The van der Waals surface area contributed by atoms with Crippen LogP contribution in [0.5, 0.6) is 5.75 Å². The van der Waals surface area contributed by atoms with Gasteiger partial charge in [-0.15, -0.1) is 0 Å². The molecule has 0 aromatic carbocycles. The lowest BCUT2D eigenvalue weighted by Gasteiger charge is -2.13. The number of hydrogen-bond donors (Lipinski definition) is 1. The van der Waals surface area contributed by atoms with Crippen LogP contribution in [0.3, 0.4) is 0 Å². The van der Waals surface area contributed by atoms with Crippen molar-refractivity contribution in [1.82, 2.24) is 19.5 Å². The first-order chi connectivity index (χ1) is 11.5. The van der Waals surface area contributed by atoms with Gasteiger partial charge in [-0.25, -0.2) is 4.98 Å². The highest BCUT2D eigenvalue weighted by Gasteiger charge is 2.16. The third-order valence-electron chi connectivity index (χ3n) is 4.01. The van der Waals surface area contributed by atoms with Crippen molar-refractivity contribution in [2.24, 2.45) is 0 Å². The second-order valence-electron chi connectivity index (χ2n) is 5.53. The zero-order valence-corrected chi connectivity index (χ0v) is 14.6. The molecule has 0 saturated heterocycles. The first-order valence-corrected chi connectivity index (χ1v) is 7.77. The number of aryl methyl sites for hydroxylation is 1. The average molecular weight is 344 g/mol. The predicted octanol–water partition coefficient (Wildman–Crippen LogP) is 3.38. The number of halogens is 1. The van der Waals surface area contributed by atoms with E-state index in [-0.39, 0.29) is 5.95 Å². The Morgan fingerprint density at radius 3 is 2.79 bits per heavy atom. The Kier molecular flexibility index (Phi) is 4.15. The van der Waals surface area contributed by atoms with Gasteiger partial charge in [-0.05, 0) is 13.8 Å². The van der Waals surface area contributed by atoms with Crippen LogP contribution in [-0.4, -0.2) is 26.6 Å². The van der Waals surface area contributed by atoms with Gasteiger partial charge in [0.15, 0.2) is 0 Å². The Hall–Kier alpha value is -2.60. The first kappa shape index (κ1) is 16.3. The maximum atomic E-state index is 6.23. The fourth-order valence-electron chi connectivity index (χ4n) is 2.85. The predicted molar refractivity (Wildman–Crippen MR) is 96.4 cm³/mol. The highest BCUT2D eigenvalue weighted by molar-refractivity contribution is 6.34. The Morgan fingerprint density at radius 1 is 1.38 bits per heavy atom. The molecule has 2 N–H and O–H groups in total. The van der Waals surface area contributed by atoms with Gasteiger partial charge in [0, 0.05) is 29.1 Å². The highest BCUT2D eigenvalue weighted by atomic mass is 35.5. The molecule has 0 aliphatic rings. The molecule has 3 rings (SSSR count). The maximum Gasteiger partial charge on any atom is 0.223 e. The molecule has 124 valence electrons. The van der Waals surface area contributed by atoms with Crippen LogP contribution in [0.15, 0.2) is 19.0 Å². The largest absolute Gasteiger partial charge is 0.496 e. The van der Waals surface area contributed by atoms with E-state index >= 15 is 0 Å². The molecule has 0 spiro atoms. The molecule has 3 aromatic heterocycles. The molecule has 24 heavy (non-hydrogen) atoms.